The van der Waals surface area contributed by atoms with E-state index in [-0.39, 0.29) is 6.10 Å². The van der Waals surface area contributed by atoms with Crippen molar-refractivity contribution in [1.29, 1.82) is 0 Å². The molecule has 2 saturated heterocycles. The van der Waals surface area contributed by atoms with Gasteiger partial charge in [-0.1, -0.05) is 6.42 Å². The summed E-state index contributed by atoms with van der Waals surface area (Å²) in [7, 11) is 0. The Balaban J connectivity index is 1.65. The second-order valence-corrected chi connectivity index (χ2v) is 6.04. The van der Waals surface area contributed by atoms with E-state index in [0.717, 1.165) is 0 Å². The molecule has 1 saturated carbocycles. The van der Waals surface area contributed by atoms with E-state index >= 15 is 0 Å². The van der Waals surface area contributed by atoms with Crippen LogP contribution in [0.3, 0.4) is 0 Å². The van der Waals surface area contributed by atoms with Gasteiger partial charge >= 0.3 is 0 Å². The maximum Gasteiger partial charge on any atom is 0.0850 e. The van der Waals surface area contributed by atoms with E-state index in [4.69, 9.17) is 0 Å². The van der Waals surface area contributed by atoms with Crippen molar-refractivity contribution >= 4 is 0 Å². The summed E-state index contributed by atoms with van der Waals surface area (Å²) in [4.78, 5) is 5.10. The topological polar surface area (TPSA) is 26.7 Å². The molecule has 2 aliphatic heterocycles. The lowest BCUT2D eigenvalue weighted by molar-refractivity contribution is -0.0302. The zero-order valence-electron chi connectivity index (χ0n) is 10.9. The highest BCUT2D eigenvalue weighted by Crippen LogP contribution is 2.30. The molecule has 0 aromatic heterocycles. The molecule has 0 aromatic carbocycles. The van der Waals surface area contributed by atoms with Crippen LogP contribution in [0.2, 0.25) is 0 Å². The largest absolute Gasteiger partial charge is 0.390 e. The fourth-order valence-corrected chi connectivity index (χ4v) is 4.08. The van der Waals surface area contributed by atoms with Gasteiger partial charge in [-0.2, -0.15) is 0 Å². The molecule has 1 unspecified atom stereocenters. The highest BCUT2D eigenvalue weighted by atomic mass is 16.3. The van der Waals surface area contributed by atoms with Crippen molar-refractivity contribution in [3.8, 4) is 0 Å². The van der Waals surface area contributed by atoms with Gasteiger partial charge in [-0.25, -0.2) is 0 Å². The molecule has 2 heterocycles. The van der Waals surface area contributed by atoms with Gasteiger partial charge in [-0.05, 0) is 64.7 Å². The van der Waals surface area contributed by atoms with Crippen LogP contribution in [-0.4, -0.2) is 59.3 Å². The minimum absolute atomic E-state index is 0.0973. The number of hydrogen-bond acceptors (Lipinski definition) is 3. The van der Waals surface area contributed by atoms with E-state index < -0.39 is 0 Å². The molecular formula is C14H26N2O. The number of likely N-dealkylation sites (tertiary alicyclic amines) is 2. The summed E-state index contributed by atoms with van der Waals surface area (Å²) >= 11 is 0. The lowest BCUT2D eigenvalue weighted by Crippen LogP contribution is -2.55. The van der Waals surface area contributed by atoms with Crippen LogP contribution in [0.1, 0.15) is 44.9 Å². The van der Waals surface area contributed by atoms with Gasteiger partial charge in [0.1, 0.15) is 0 Å². The van der Waals surface area contributed by atoms with Crippen molar-refractivity contribution in [1.82, 2.24) is 9.80 Å². The quantitative estimate of drug-likeness (QED) is 0.789. The summed E-state index contributed by atoms with van der Waals surface area (Å²) in [6.07, 6.45) is 8.96. The maximum absolute atomic E-state index is 10.7. The molecule has 1 N–H and O–H groups in total. The summed E-state index contributed by atoms with van der Waals surface area (Å²) in [5.41, 5.74) is 0. The van der Waals surface area contributed by atoms with Crippen molar-refractivity contribution in [3.63, 3.8) is 0 Å². The van der Waals surface area contributed by atoms with Gasteiger partial charge in [0.2, 0.25) is 0 Å². The zero-order chi connectivity index (χ0) is 11.7. The lowest BCUT2D eigenvalue weighted by Gasteiger charge is -2.43. The number of rotatable bonds is 2. The van der Waals surface area contributed by atoms with Crippen molar-refractivity contribution in [2.75, 3.05) is 26.2 Å². The Labute approximate surface area is 105 Å². The van der Waals surface area contributed by atoms with Crippen LogP contribution in [0, 0.1) is 0 Å². The highest BCUT2D eigenvalue weighted by molar-refractivity contribution is 4.95. The Bertz CT molecular complexity index is 223. The first-order valence-corrected chi connectivity index (χ1v) is 7.52. The summed E-state index contributed by atoms with van der Waals surface area (Å²) in [5.74, 6) is 0. The molecule has 0 aromatic rings. The Morgan fingerprint density at radius 2 is 1.06 bits per heavy atom. The van der Waals surface area contributed by atoms with Gasteiger partial charge < -0.3 is 5.11 Å². The molecule has 3 aliphatic rings. The average Bonchev–Trinajstić information content (AvgIpc) is 3.02. The Hall–Kier alpha value is -0.120. The van der Waals surface area contributed by atoms with Gasteiger partial charge in [-0.15, -0.1) is 0 Å². The minimum atomic E-state index is -0.0973. The smallest absolute Gasteiger partial charge is 0.0850 e. The standard InChI is InChI=1S/C14H26N2O/c17-14-12(15-8-1-2-9-15)6-5-7-13(14)16-10-3-4-11-16/h12-14,17H,1-11H2/t12-,13+,14?. The predicted octanol–water partition coefficient (Wildman–Crippen LogP) is 1.46. The second-order valence-electron chi connectivity index (χ2n) is 6.04. The van der Waals surface area contributed by atoms with Gasteiger partial charge in [0.05, 0.1) is 6.10 Å². The van der Waals surface area contributed by atoms with E-state index in [1.807, 2.05) is 0 Å². The monoisotopic (exact) mass is 238 g/mol. The van der Waals surface area contributed by atoms with E-state index in [0.29, 0.717) is 12.1 Å². The molecule has 3 heteroatoms. The Kier molecular flexibility index (Phi) is 3.69. The Morgan fingerprint density at radius 1 is 0.647 bits per heavy atom. The van der Waals surface area contributed by atoms with Gasteiger partial charge in [0.15, 0.2) is 0 Å². The number of aliphatic hydroxyl groups is 1. The molecule has 1 aliphatic carbocycles. The van der Waals surface area contributed by atoms with Crippen LogP contribution in [0.25, 0.3) is 0 Å². The average molecular weight is 238 g/mol. The van der Waals surface area contributed by atoms with Crippen LogP contribution in [0.5, 0.6) is 0 Å². The molecule has 3 nitrogen and oxygen atoms in total. The molecule has 3 atom stereocenters. The van der Waals surface area contributed by atoms with Gasteiger partial charge in [0.25, 0.3) is 0 Å². The third-order valence-corrected chi connectivity index (χ3v) is 5.01. The number of nitrogens with zero attached hydrogens (tertiary/aromatic N) is 2. The van der Waals surface area contributed by atoms with Crippen LogP contribution in [0.15, 0.2) is 0 Å². The molecule has 0 bridgehead atoms. The van der Waals surface area contributed by atoms with E-state index in [9.17, 15) is 5.11 Å². The summed E-state index contributed by atoms with van der Waals surface area (Å²) in [6, 6.07) is 0.911. The lowest BCUT2D eigenvalue weighted by atomic mass is 9.86. The van der Waals surface area contributed by atoms with Gasteiger partial charge in [-0.3, -0.25) is 9.80 Å². The van der Waals surface area contributed by atoms with E-state index in [1.54, 1.807) is 0 Å². The normalized spacial score (nSPS) is 41.1. The van der Waals surface area contributed by atoms with Crippen molar-refractivity contribution in [2.45, 2.75) is 63.1 Å². The first-order chi connectivity index (χ1) is 8.36. The van der Waals surface area contributed by atoms with Crippen LogP contribution in [-0.2, 0) is 0 Å². The van der Waals surface area contributed by atoms with Crippen LogP contribution >= 0.6 is 0 Å². The molecule has 0 spiro atoms. The third kappa shape index (κ3) is 2.38. The summed E-state index contributed by atoms with van der Waals surface area (Å²) < 4.78 is 0. The summed E-state index contributed by atoms with van der Waals surface area (Å²) in [5, 5.41) is 10.7. The molecule has 3 fully saturated rings. The first-order valence-electron chi connectivity index (χ1n) is 7.52. The van der Waals surface area contributed by atoms with Crippen LogP contribution < -0.4 is 0 Å². The zero-order valence-corrected chi connectivity index (χ0v) is 10.9. The van der Waals surface area contributed by atoms with Crippen LogP contribution in [0.4, 0.5) is 0 Å². The third-order valence-electron chi connectivity index (χ3n) is 5.01. The SMILES string of the molecule is OC1[C@H](N2CCCC2)CCC[C@@H]1N1CCCC1. The van der Waals surface area contributed by atoms with E-state index in [1.165, 1.54) is 71.1 Å². The number of hydrogen-bond donors (Lipinski definition) is 1. The molecular weight excluding hydrogens is 212 g/mol. The van der Waals surface area contributed by atoms with Crippen molar-refractivity contribution in [2.24, 2.45) is 0 Å². The molecule has 0 radical (unpaired) electrons. The molecule has 17 heavy (non-hydrogen) atoms. The predicted molar refractivity (Wildman–Crippen MR) is 69.0 cm³/mol. The van der Waals surface area contributed by atoms with Crippen molar-refractivity contribution in [3.05, 3.63) is 0 Å². The summed E-state index contributed by atoms with van der Waals surface area (Å²) in [6.45, 7) is 4.87. The molecule has 0 amide bonds. The van der Waals surface area contributed by atoms with Crippen molar-refractivity contribution < 1.29 is 5.11 Å². The van der Waals surface area contributed by atoms with Gasteiger partial charge in [0, 0.05) is 12.1 Å². The number of aliphatic hydroxyl groups excluding tert-OH is 1. The highest BCUT2D eigenvalue weighted by Gasteiger charge is 2.39. The van der Waals surface area contributed by atoms with E-state index in [2.05, 4.69) is 9.80 Å². The fraction of sp³-hybridized carbons (Fsp3) is 1.00. The maximum atomic E-state index is 10.7. The minimum Gasteiger partial charge on any atom is -0.390 e. The molecule has 3 rings (SSSR count). The Morgan fingerprint density at radius 3 is 1.47 bits per heavy atom. The fourth-order valence-electron chi connectivity index (χ4n) is 4.08. The second kappa shape index (κ2) is 5.25. The molecule has 98 valence electrons. The first kappa shape index (κ1) is 11.9.